The molecular formula is C37H56N2O11. The molecule has 0 bridgehead atoms. The van der Waals surface area contributed by atoms with Crippen molar-refractivity contribution in [1.82, 2.24) is 10.2 Å². The highest BCUT2D eigenvalue weighted by Crippen LogP contribution is 2.26. The maximum Gasteiger partial charge on any atom is 0.337 e. The second-order valence-corrected chi connectivity index (χ2v) is 12.9. The predicted octanol–water partition coefficient (Wildman–Crippen LogP) is 4.24. The van der Waals surface area contributed by atoms with Crippen LogP contribution in [0.4, 0.5) is 0 Å². The Bertz CT molecular complexity index is 1230. The number of carbonyl (C=O) groups excluding carboxylic acids is 2. The molecule has 1 fully saturated rings. The number of carboxylic acids is 3. The van der Waals surface area contributed by atoms with Gasteiger partial charge >= 0.3 is 17.9 Å². The largest absolute Gasteiger partial charge is 0.492 e. The average Bonchev–Trinajstić information content (AvgIpc) is 3.07. The standard InChI is InChI=1S/C37H56N2O11/c1-2-3-4-7-10-13-29(40)14-11-8-5-6-9-12-15-31(37(48,36(46)47)27-33(41)42)34(43)38-32(35(44)45)26-28-16-18-30(19-17-28)50-25-22-39-20-23-49-24-21-39/h12,15-19,31-32,48H,2-11,13-14,20-27H2,1H3,(H,38,43)(H,41,42)(H,44,45)(H,46,47)/t31-,32+,37+/m1/s1. The number of ketones is 1. The molecule has 1 saturated heterocycles. The minimum absolute atomic E-state index is 0.155. The van der Waals surface area contributed by atoms with Crippen molar-refractivity contribution in [1.29, 1.82) is 0 Å². The van der Waals surface area contributed by atoms with E-state index < -0.39 is 47.8 Å². The van der Waals surface area contributed by atoms with Gasteiger partial charge in [-0.25, -0.2) is 9.59 Å². The van der Waals surface area contributed by atoms with Crippen LogP contribution in [0.15, 0.2) is 36.4 Å². The lowest BCUT2D eigenvalue weighted by Gasteiger charge is -2.29. The highest BCUT2D eigenvalue weighted by Gasteiger charge is 2.49. The smallest absolute Gasteiger partial charge is 0.337 e. The number of hydrogen-bond acceptors (Lipinski definition) is 9. The third kappa shape index (κ3) is 16.3. The monoisotopic (exact) mass is 704 g/mol. The second-order valence-electron chi connectivity index (χ2n) is 12.9. The minimum Gasteiger partial charge on any atom is -0.492 e. The lowest BCUT2D eigenvalue weighted by molar-refractivity contribution is -0.172. The number of aliphatic carboxylic acids is 3. The zero-order valence-electron chi connectivity index (χ0n) is 29.4. The first kappa shape index (κ1) is 42.4. The molecule has 5 N–H and O–H groups in total. The van der Waals surface area contributed by atoms with E-state index in [4.69, 9.17) is 9.47 Å². The Labute approximate surface area is 295 Å². The number of nitrogens with zero attached hydrogens (tertiary/aromatic N) is 1. The van der Waals surface area contributed by atoms with E-state index in [1.54, 1.807) is 24.3 Å². The molecule has 1 heterocycles. The number of rotatable bonds is 27. The number of carbonyl (C=O) groups is 5. The Kier molecular flexibility index (Phi) is 20.0. The summed E-state index contributed by atoms with van der Waals surface area (Å²) in [6.45, 7) is 6.40. The summed E-state index contributed by atoms with van der Waals surface area (Å²) in [4.78, 5) is 63.4. The maximum absolute atomic E-state index is 13.4. The summed E-state index contributed by atoms with van der Waals surface area (Å²) in [6.07, 6.45) is 11.3. The molecule has 13 heteroatoms. The highest BCUT2D eigenvalue weighted by molar-refractivity contribution is 5.94. The van der Waals surface area contributed by atoms with Crippen LogP contribution in [0.1, 0.15) is 96.0 Å². The van der Waals surface area contributed by atoms with Gasteiger partial charge in [0, 0.05) is 38.9 Å². The predicted molar refractivity (Wildman–Crippen MR) is 186 cm³/mol. The zero-order chi connectivity index (χ0) is 36.8. The molecule has 1 aromatic rings. The van der Waals surface area contributed by atoms with E-state index >= 15 is 0 Å². The number of allylic oxidation sites excluding steroid dienone is 1. The number of hydrogen-bond donors (Lipinski definition) is 5. The van der Waals surface area contributed by atoms with Gasteiger partial charge in [0.15, 0.2) is 5.60 Å². The molecule has 1 aliphatic rings. The molecule has 50 heavy (non-hydrogen) atoms. The van der Waals surface area contributed by atoms with Crippen molar-refractivity contribution in [3.05, 3.63) is 42.0 Å². The molecule has 0 saturated carbocycles. The number of Topliss-reactive ketones (excluding diaryl/α,β-unsaturated/α-hetero) is 1. The first-order chi connectivity index (χ1) is 24.0. The number of morpholine rings is 1. The van der Waals surface area contributed by atoms with Gasteiger partial charge < -0.3 is 35.2 Å². The summed E-state index contributed by atoms with van der Waals surface area (Å²) < 4.78 is 11.1. The SMILES string of the molecule is CCCCCCCC(=O)CCCCCCC=C[C@H](C(=O)N[C@@H](Cc1ccc(OCCN2CCOCC2)cc1)C(=O)O)[C@@](O)(CC(=O)O)C(=O)O. The van der Waals surface area contributed by atoms with Gasteiger partial charge in [-0.3, -0.25) is 19.3 Å². The zero-order valence-corrected chi connectivity index (χ0v) is 29.4. The third-order valence-corrected chi connectivity index (χ3v) is 8.81. The number of amides is 1. The molecule has 0 spiro atoms. The summed E-state index contributed by atoms with van der Waals surface area (Å²) in [5.41, 5.74) is -2.47. The van der Waals surface area contributed by atoms with Crippen LogP contribution in [0.3, 0.4) is 0 Å². The Morgan fingerprint density at radius 3 is 2.12 bits per heavy atom. The first-order valence-corrected chi connectivity index (χ1v) is 17.9. The van der Waals surface area contributed by atoms with Crippen LogP contribution in [-0.2, 0) is 35.1 Å². The van der Waals surface area contributed by atoms with Crippen molar-refractivity contribution in [2.45, 2.75) is 108 Å². The summed E-state index contributed by atoms with van der Waals surface area (Å²) in [5.74, 6) is -7.10. The lowest BCUT2D eigenvalue weighted by Crippen LogP contribution is -2.55. The van der Waals surface area contributed by atoms with E-state index in [2.05, 4.69) is 17.1 Å². The molecule has 0 aliphatic carbocycles. The molecule has 13 nitrogen and oxygen atoms in total. The molecule has 0 unspecified atom stereocenters. The van der Waals surface area contributed by atoms with Crippen LogP contribution in [0.2, 0.25) is 0 Å². The van der Waals surface area contributed by atoms with E-state index in [0.717, 1.165) is 70.7 Å². The molecule has 1 aliphatic heterocycles. The summed E-state index contributed by atoms with van der Waals surface area (Å²) >= 11 is 0. The van der Waals surface area contributed by atoms with Crippen molar-refractivity contribution in [3.8, 4) is 5.75 Å². The fourth-order valence-electron chi connectivity index (χ4n) is 5.77. The van der Waals surface area contributed by atoms with Gasteiger partial charge in [-0.15, -0.1) is 0 Å². The number of ether oxygens (including phenoxy) is 2. The van der Waals surface area contributed by atoms with E-state index in [0.29, 0.717) is 56.8 Å². The first-order valence-electron chi connectivity index (χ1n) is 17.9. The topological polar surface area (TPSA) is 200 Å². The molecule has 2 rings (SSSR count). The van der Waals surface area contributed by atoms with Crippen molar-refractivity contribution >= 4 is 29.6 Å². The number of carboxylic acid groups (broad SMARTS) is 3. The van der Waals surface area contributed by atoms with Crippen molar-refractivity contribution < 1.29 is 53.9 Å². The quantitative estimate of drug-likeness (QED) is 0.0646. The second kappa shape index (κ2) is 23.6. The molecule has 0 aromatic heterocycles. The number of nitrogens with one attached hydrogen (secondary N) is 1. The van der Waals surface area contributed by atoms with E-state index in [1.165, 1.54) is 12.5 Å². The van der Waals surface area contributed by atoms with Crippen LogP contribution >= 0.6 is 0 Å². The van der Waals surface area contributed by atoms with Gasteiger partial charge in [-0.2, -0.15) is 0 Å². The van der Waals surface area contributed by atoms with Crippen LogP contribution in [0, 0.1) is 5.92 Å². The van der Waals surface area contributed by atoms with Gasteiger partial charge in [0.05, 0.1) is 25.6 Å². The molecule has 0 radical (unpaired) electrons. The molecule has 1 amide bonds. The van der Waals surface area contributed by atoms with Crippen LogP contribution in [-0.4, -0.2) is 106 Å². The highest BCUT2D eigenvalue weighted by atomic mass is 16.5. The number of benzene rings is 1. The van der Waals surface area contributed by atoms with Gasteiger partial charge in [0.25, 0.3) is 0 Å². The molecule has 280 valence electrons. The molecule has 1 aromatic carbocycles. The van der Waals surface area contributed by atoms with Gasteiger partial charge in [0.1, 0.15) is 24.2 Å². The van der Waals surface area contributed by atoms with Crippen LogP contribution in [0.5, 0.6) is 5.75 Å². The lowest BCUT2D eigenvalue weighted by atomic mass is 9.82. The van der Waals surface area contributed by atoms with Crippen LogP contribution in [0.25, 0.3) is 0 Å². The summed E-state index contributed by atoms with van der Waals surface area (Å²) in [7, 11) is 0. The van der Waals surface area contributed by atoms with Crippen molar-refractivity contribution in [3.63, 3.8) is 0 Å². The Balaban J connectivity index is 1.95. The van der Waals surface area contributed by atoms with Crippen molar-refractivity contribution in [2.75, 3.05) is 39.5 Å². The summed E-state index contributed by atoms with van der Waals surface area (Å²) in [5, 5.41) is 42.2. The van der Waals surface area contributed by atoms with Gasteiger partial charge in [0.2, 0.25) is 5.91 Å². The maximum atomic E-state index is 13.4. The summed E-state index contributed by atoms with van der Waals surface area (Å²) in [6, 6.07) is 5.20. The molecule has 3 atom stereocenters. The third-order valence-electron chi connectivity index (χ3n) is 8.81. The van der Waals surface area contributed by atoms with E-state index in [9.17, 15) is 44.4 Å². The van der Waals surface area contributed by atoms with Crippen LogP contribution < -0.4 is 10.1 Å². The normalized spacial score (nSPS) is 16.0. The number of unbranched alkanes of at least 4 members (excludes halogenated alkanes) is 8. The van der Waals surface area contributed by atoms with Gasteiger partial charge in [-0.05, 0) is 43.4 Å². The fraction of sp³-hybridized carbons (Fsp3) is 0.649. The van der Waals surface area contributed by atoms with E-state index in [1.807, 2.05) is 0 Å². The Hall–Kier alpha value is -3.81. The molecular weight excluding hydrogens is 648 g/mol. The number of aliphatic hydroxyl groups is 1. The average molecular weight is 705 g/mol. The van der Waals surface area contributed by atoms with Gasteiger partial charge in [-0.1, -0.05) is 69.7 Å². The Morgan fingerprint density at radius 1 is 0.920 bits per heavy atom. The fourth-order valence-corrected chi connectivity index (χ4v) is 5.77. The van der Waals surface area contributed by atoms with Crippen molar-refractivity contribution in [2.24, 2.45) is 5.92 Å². The van der Waals surface area contributed by atoms with E-state index in [-0.39, 0.29) is 12.2 Å². The minimum atomic E-state index is -3.02. The Morgan fingerprint density at radius 2 is 1.54 bits per heavy atom.